The van der Waals surface area contributed by atoms with E-state index in [1.54, 1.807) is 12.4 Å². The Labute approximate surface area is 60.3 Å². The van der Waals surface area contributed by atoms with Gasteiger partial charge in [-0.1, -0.05) is 18.8 Å². The molecule has 3 heteroatoms. The summed E-state index contributed by atoms with van der Waals surface area (Å²) < 4.78 is 0. The van der Waals surface area contributed by atoms with Gasteiger partial charge < -0.3 is 5.73 Å². The fourth-order valence-corrected chi connectivity index (χ4v) is 0.692. The Morgan fingerprint density at radius 2 is 2.30 bits per heavy atom. The third-order valence-corrected chi connectivity index (χ3v) is 1.29. The molecule has 0 saturated heterocycles. The molecule has 1 aromatic heterocycles. The summed E-state index contributed by atoms with van der Waals surface area (Å²) in [5.74, 6) is 1.40. The largest absolute Gasteiger partial charge is 0.393 e. The van der Waals surface area contributed by atoms with E-state index in [2.05, 4.69) is 23.8 Å². The molecule has 0 aliphatic heterocycles. The molecule has 0 radical (unpaired) electrons. The molecule has 1 heterocycles. The number of aromatic nitrogens is 2. The molecule has 0 saturated carbocycles. The van der Waals surface area contributed by atoms with Crippen molar-refractivity contribution in [1.82, 2.24) is 4.98 Å². The first kappa shape index (κ1) is 6.99. The maximum atomic E-state index is 5.43. The van der Waals surface area contributed by atoms with Gasteiger partial charge in [0.25, 0.3) is 5.82 Å². The highest BCUT2D eigenvalue weighted by molar-refractivity contribution is 5.27. The van der Waals surface area contributed by atoms with Crippen LogP contribution in [-0.2, 0) is 0 Å². The highest BCUT2D eigenvalue weighted by atomic mass is 14.9. The Morgan fingerprint density at radius 3 is 2.70 bits per heavy atom. The second-order valence-electron chi connectivity index (χ2n) is 2.59. The van der Waals surface area contributed by atoms with Crippen molar-refractivity contribution in [2.24, 2.45) is 0 Å². The van der Waals surface area contributed by atoms with E-state index in [1.807, 2.05) is 0 Å². The van der Waals surface area contributed by atoms with Gasteiger partial charge in [-0.15, -0.1) is 0 Å². The predicted molar refractivity (Wildman–Crippen MR) is 39.3 cm³/mol. The molecule has 0 spiro atoms. The molecule has 0 fully saturated rings. The Bertz CT molecular complexity index is 203. The lowest BCUT2D eigenvalue weighted by Gasteiger charge is -1.93. The molecule has 54 valence electrons. The molecule has 1 aromatic rings. The molecule has 0 aliphatic carbocycles. The minimum Gasteiger partial charge on any atom is -0.393 e. The van der Waals surface area contributed by atoms with E-state index in [9.17, 15) is 0 Å². The van der Waals surface area contributed by atoms with Crippen molar-refractivity contribution in [2.75, 3.05) is 5.73 Å². The van der Waals surface area contributed by atoms with Crippen LogP contribution in [0.25, 0.3) is 0 Å². The summed E-state index contributed by atoms with van der Waals surface area (Å²) in [6.45, 7) is 4.16. The minimum atomic E-state index is 0.431. The van der Waals surface area contributed by atoms with Crippen LogP contribution < -0.4 is 10.7 Å². The van der Waals surface area contributed by atoms with Gasteiger partial charge in [0.2, 0.25) is 0 Å². The molecule has 10 heavy (non-hydrogen) atoms. The van der Waals surface area contributed by atoms with Gasteiger partial charge in [-0.25, -0.2) is 4.98 Å². The molecule has 0 unspecified atom stereocenters. The van der Waals surface area contributed by atoms with Gasteiger partial charge in [-0.05, 0) is 0 Å². The van der Waals surface area contributed by atoms with Crippen LogP contribution in [0.2, 0.25) is 0 Å². The maximum Gasteiger partial charge on any atom is 0.298 e. The number of H-pyrrole nitrogens is 1. The second kappa shape index (κ2) is 2.64. The average molecular weight is 138 g/mol. The van der Waals surface area contributed by atoms with Gasteiger partial charge in [0.15, 0.2) is 6.20 Å². The van der Waals surface area contributed by atoms with Crippen molar-refractivity contribution in [3.8, 4) is 0 Å². The van der Waals surface area contributed by atoms with Crippen molar-refractivity contribution in [1.29, 1.82) is 0 Å². The number of nitrogen functional groups attached to an aromatic ring is 1. The van der Waals surface area contributed by atoms with Crippen molar-refractivity contribution >= 4 is 5.69 Å². The standard InChI is InChI=1S/C7H11N3/c1-5(2)7-9-3-6(8)4-10-7/h3-5H,8H2,1-2H3/p+1. The third-order valence-electron chi connectivity index (χ3n) is 1.29. The Kier molecular flexibility index (Phi) is 1.85. The normalized spacial score (nSPS) is 10.3. The first-order valence-corrected chi connectivity index (χ1v) is 3.33. The quantitative estimate of drug-likeness (QED) is 0.617. The van der Waals surface area contributed by atoms with Gasteiger partial charge in [-0.2, -0.15) is 0 Å². The fraction of sp³-hybridized carbons (Fsp3) is 0.429. The minimum absolute atomic E-state index is 0.431. The topological polar surface area (TPSA) is 53.0 Å². The zero-order valence-electron chi connectivity index (χ0n) is 6.26. The van der Waals surface area contributed by atoms with Crippen LogP contribution in [0.1, 0.15) is 25.6 Å². The molecular weight excluding hydrogens is 126 g/mol. The summed E-state index contributed by atoms with van der Waals surface area (Å²) in [4.78, 5) is 7.10. The number of nitrogens with two attached hydrogens (primary N) is 1. The van der Waals surface area contributed by atoms with E-state index >= 15 is 0 Å². The summed E-state index contributed by atoms with van der Waals surface area (Å²) in [7, 11) is 0. The van der Waals surface area contributed by atoms with Crippen LogP contribution in [0.3, 0.4) is 0 Å². The van der Waals surface area contributed by atoms with Crippen LogP contribution >= 0.6 is 0 Å². The van der Waals surface area contributed by atoms with E-state index in [0.717, 1.165) is 5.82 Å². The summed E-state index contributed by atoms with van der Waals surface area (Å²) in [5.41, 5.74) is 6.10. The van der Waals surface area contributed by atoms with E-state index < -0.39 is 0 Å². The first-order chi connectivity index (χ1) is 4.70. The molecular formula is C7H12N3+. The molecule has 0 atom stereocenters. The zero-order chi connectivity index (χ0) is 7.56. The average Bonchev–Trinajstić information content (AvgIpc) is 1.88. The van der Waals surface area contributed by atoms with Crippen molar-refractivity contribution in [3.05, 3.63) is 18.2 Å². The lowest BCUT2D eigenvalue weighted by Crippen LogP contribution is -2.15. The highest BCUT2D eigenvalue weighted by Gasteiger charge is 2.08. The Morgan fingerprint density at radius 1 is 1.60 bits per heavy atom. The molecule has 0 aromatic carbocycles. The van der Waals surface area contributed by atoms with Crippen LogP contribution in [0.15, 0.2) is 12.4 Å². The summed E-state index contributed by atoms with van der Waals surface area (Å²) >= 11 is 0. The number of anilines is 1. The van der Waals surface area contributed by atoms with Gasteiger partial charge in [0.05, 0.1) is 5.92 Å². The number of hydrogen-bond donors (Lipinski definition) is 1. The second-order valence-corrected chi connectivity index (χ2v) is 2.59. The van der Waals surface area contributed by atoms with E-state index in [4.69, 9.17) is 5.73 Å². The molecule has 0 aliphatic rings. The zero-order valence-corrected chi connectivity index (χ0v) is 6.26. The predicted octanol–water partition coefficient (Wildman–Crippen LogP) is 0.601. The summed E-state index contributed by atoms with van der Waals surface area (Å²) in [6.07, 6.45) is 3.41. The highest BCUT2D eigenvalue weighted by Crippen LogP contribution is 2.04. The number of nitrogens with zero attached hydrogens (tertiary/aromatic N) is 1. The lowest BCUT2D eigenvalue weighted by atomic mass is 10.2. The number of nitrogens with one attached hydrogen (secondary N) is 1. The van der Waals surface area contributed by atoms with Crippen LogP contribution in [0.4, 0.5) is 5.69 Å². The fourth-order valence-electron chi connectivity index (χ4n) is 0.692. The van der Waals surface area contributed by atoms with Crippen LogP contribution in [-0.4, -0.2) is 4.98 Å². The molecule has 1 rings (SSSR count). The molecule has 0 bridgehead atoms. The van der Waals surface area contributed by atoms with Crippen molar-refractivity contribution < 1.29 is 4.98 Å². The van der Waals surface area contributed by atoms with E-state index in [-0.39, 0.29) is 0 Å². The van der Waals surface area contributed by atoms with Gasteiger partial charge in [0, 0.05) is 0 Å². The molecule has 3 nitrogen and oxygen atoms in total. The molecule has 0 amide bonds. The SMILES string of the molecule is CC(C)c1ncc(N)c[nH+]1. The van der Waals surface area contributed by atoms with Crippen molar-refractivity contribution in [3.63, 3.8) is 0 Å². The van der Waals surface area contributed by atoms with E-state index in [1.165, 1.54) is 0 Å². The Hall–Kier alpha value is -1.12. The smallest absolute Gasteiger partial charge is 0.298 e. The van der Waals surface area contributed by atoms with E-state index in [0.29, 0.717) is 11.6 Å². The molecule has 3 N–H and O–H groups in total. The van der Waals surface area contributed by atoms with Crippen LogP contribution in [0.5, 0.6) is 0 Å². The summed E-state index contributed by atoms with van der Waals surface area (Å²) in [5, 5.41) is 0. The number of hydrogen-bond acceptors (Lipinski definition) is 2. The third kappa shape index (κ3) is 1.43. The Balaban J connectivity index is 2.89. The van der Waals surface area contributed by atoms with Crippen molar-refractivity contribution in [2.45, 2.75) is 19.8 Å². The lowest BCUT2D eigenvalue weighted by molar-refractivity contribution is -0.396. The van der Waals surface area contributed by atoms with Gasteiger partial charge in [0.1, 0.15) is 11.9 Å². The van der Waals surface area contributed by atoms with Gasteiger partial charge in [-0.3, -0.25) is 0 Å². The maximum absolute atomic E-state index is 5.43. The number of rotatable bonds is 1. The summed E-state index contributed by atoms with van der Waals surface area (Å²) in [6, 6.07) is 0. The van der Waals surface area contributed by atoms with Gasteiger partial charge >= 0.3 is 0 Å². The monoisotopic (exact) mass is 138 g/mol. The number of aromatic amines is 1. The van der Waals surface area contributed by atoms with Crippen LogP contribution in [0, 0.1) is 0 Å². The first-order valence-electron chi connectivity index (χ1n) is 3.33.